The van der Waals surface area contributed by atoms with E-state index in [1.165, 1.54) is 18.2 Å². The molecule has 0 fully saturated rings. The van der Waals surface area contributed by atoms with Crippen molar-refractivity contribution in [3.63, 3.8) is 0 Å². The average molecular weight is 241 g/mol. The van der Waals surface area contributed by atoms with Crippen LogP contribution in [0.4, 0.5) is 0 Å². The standard InChI is InChI=1S/C10H11NO4S/c11-8-3-4-16(14,15)9-5-6(10(12)13)1-2-7(8)9/h1-2,5,8H,3-4,11H2,(H,12,13). The molecule has 0 saturated heterocycles. The van der Waals surface area contributed by atoms with E-state index in [0.29, 0.717) is 12.0 Å². The highest BCUT2D eigenvalue weighted by atomic mass is 32.2. The van der Waals surface area contributed by atoms with Gasteiger partial charge in [-0.15, -0.1) is 0 Å². The van der Waals surface area contributed by atoms with Crippen molar-refractivity contribution in [2.45, 2.75) is 17.4 Å². The molecule has 1 unspecified atom stereocenters. The summed E-state index contributed by atoms with van der Waals surface area (Å²) in [5, 5.41) is 8.80. The molecule has 0 saturated carbocycles. The summed E-state index contributed by atoms with van der Waals surface area (Å²) < 4.78 is 23.5. The summed E-state index contributed by atoms with van der Waals surface area (Å²) in [6, 6.07) is 3.72. The summed E-state index contributed by atoms with van der Waals surface area (Å²) in [6.45, 7) is 0. The molecule has 6 heteroatoms. The Bertz CT molecular complexity index is 550. The minimum atomic E-state index is -3.37. The Morgan fingerprint density at radius 2 is 2.12 bits per heavy atom. The van der Waals surface area contributed by atoms with Crippen LogP contribution in [0, 0.1) is 0 Å². The van der Waals surface area contributed by atoms with Crippen LogP contribution in [0.1, 0.15) is 28.4 Å². The third-order valence-corrected chi connectivity index (χ3v) is 4.49. The number of hydrogen-bond acceptors (Lipinski definition) is 4. The molecule has 1 aromatic rings. The minimum Gasteiger partial charge on any atom is -0.478 e. The molecule has 16 heavy (non-hydrogen) atoms. The van der Waals surface area contributed by atoms with Gasteiger partial charge in [0.05, 0.1) is 16.2 Å². The Balaban J connectivity index is 2.67. The lowest BCUT2D eigenvalue weighted by atomic mass is 10.0. The molecule has 0 spiro atoms. The van der Waals surface area contributed by atoms with Gasteiger partial charge in [0.1, 0.15) is 0 Å². The highest BCUT2D eigenvalue weighted by Crippen LogP contribution is 2.31. The quantitative estimate of drug-likeness (QED) is 0.748. The van der Waals surface area contributed by atoms with Crippen molar-refractivity contribution in [3.8, 4) is 0 Å². The third-order valence-electron chi connectivity index (χ3n) is 2.69. The van der Waals surface area contributed by atoms with Gasteiger partial charge in [-0.2, -0.15) is 0 Å². The van der Waals surface area contributed by atoms with E-state index in [9.17, 15) is 13.2 Å². The Morgan fingerprint density at radius 3 is 2.75 bits per heavy atom. The predicted octanol–water partition coefficient (Wildman–Crippen LogP) is 0.562. The van der Waals surface area contributed by atoms with Gasteiger partial charge in [-0.25, -0.2) is 13.2 Å². The van der Waals surface area contributed by atoms with Crippen LogP contribution in [0.2, 0.25) is 0 Å². The van der Waals surface area contributed by atoms with Gasteiger partial charge in [-0.3, -0.25) is 0 Å². The van der Waals surface area contributed by atoms with Crippen molar-refractivity contribution in [1.82, 2.24) is 0 Å². The molecule has 86 valence electrons. The topological polar surface area (TPSA) is 97.5 Å². The van der Waals surface area contributed by atoms with Crippen LogP contribution in [0.25, 0.3) is 0 Å². The Labute approximate surface area is 92.8 Å². The highest BCUT2D eigenvalue weighted by molar-refractivity contribution is 7.91. The van der Waals surface area contributed by atoms with Gasteiger partial charge < -0.3 is 10.8 Å². The fraction of sp³-hybridized carbons (Fsp3) is 0.300. The number of carbonyl (C=O) groups is 1. The van der Waals surface area contributed by atoms with Crippen LogP contribution in [0.15, 0.2) is 23.1 Å². The zero-order chi connectivity index (χ0) is 11.9. The number of nitrogens with two attached hydrogens (primary N) is 1. The van der Waals surface area contributed by atoms with Gasteiger partial charge in [0, 0.05) is 6.04 Å². The van der Waals surface area contributed by atoms with Gasteiger partial charge in [0.2, 0.25) is 0 Å². The Kier molecular flexibility index (Phi) is 2.47. The summed E-state index contributed by atoms with van der Waals surface area (Å²) in [5.41, 5.74) is 6.26. The molecular weight excluding hydrogens is 230 g/mol. The SMILES string of the molecule is NC1CCS(=O)(=O)c2cc(C(=O)O)ccc21. The average Bonchev–Trinajstić information content (AvgIpc) is 2.23. The number of sulfone groups is 1. The first-order valence-electron chi connectivity index (χ1n) is 4.77. The lowest BCUT2D eigenvalue weighted by Crippen LogP contribution is -2.25. The second-order valence-corrected chi connectivity index (χ2v) is 5.85. The van der Waals surface area contributed by atoms with E-state index in [0.717, 1.165) is 0 Å². The van der Waals surface area contributed by atoms with Gasteiger partial charge >= 0.3 is 5.97 Å². The molecule has 5 nitrogen and oxygen atoms in total. The van der Waals surface area contributed by atoms with Crippen molar-refractivity contribution in [2.75, 3.05) is 5.75 Å². The summed E-state index contributed by atoms with van der Waals surface area (Å²) in [5.74, 6) is -1.17. The summed E-state index contributed by atoms with van der Waals surface area (Å²) in [7, 11) is -3.37. The maximum Gasteiger partial charge on any atom is 0.335 e. The molecule has 1 atom stereocenters. The maximum absolute atomic E-state index is 11.7. The van der Waals surface area contributed by atoms with Crippen LogP contribution in [0.3, 0.4) is 0 Å². The van der Waals surface area contributed by atoms with Crippen LogP contribution >= 0.6 is 0 Å². The number of rotatable bonds is 1. The van der Waals surface area contributed by atoms with Crippen LogP contribution in [-0.2, 0) is 9.84 Å². The van der Waals surface area contributed by atoms with Crippen molar-refractivity contribution < 1.29 is 18.3 Å². The maximum atomic E-state index is 11.7. The molecule has 0 aromatic heterocycles. The molecule has 1 aromatic carbocycles. The van der Waals surface area contributed by atoms with E-state index in [4.69, 9.17) is 10.8 Å². The number of hydrogen-bond donors (Lipinski definition) is 2. The van der Waals surface area contributed by atoms with Crippen molar-refractivity contribution >= 4 is 15.8 Å². The molecule has 0 amide bonds. The Hall–Kier alpha value is -1.40. The number of carboxylic acid groups (broad SMARTS) is 1. The first-order chi connectivity index (χ1) is 7.42. The molecule has 3 N–H and O–H groups in total. The first kappa shape index (κ1) is 11.1. The van der Waals surface area contributed by atoms with E-state index in [1.54, 1.807) is 0 Å². The van der Waals surface area contributed by atoms with E-state index in [2.05, 4.69) is 0 Å². The Morgan fingerprint density at radius 1 is 1.44 bits per heavy atom. The van der Waals surface area contributed by atoms with Crippen LogP contribution < -0.4 is 5.73 Å². The second kappa shape index (κ2) is 3.57. The van der Waals surface area contributed by atoms with Gasteiger partial charge in [0.25, 0.3) is 0 Å². The largest absolute Gasteiger partial charge is 0.478 e. The summed E-state index contributed by atoms with van der Waals surface area (Å²) in [6.07, 6.45) is 0.377. The highest BCUT2D eigenvalue weighted by Gasteiger charge is 2.29. The number of benzene rings is 1. The van der Waals surface area contributed by atoms with Gasteiger partial charge in [0.15, 0.2) is 9.84 Å². The van der Waals surface area contributed by atoms with E-state index in [1.807, 2.05) is 0 Å². The normalized spacial score (nSPS) is 22.4. The van der Waals surface area contributed by atoms with Gasteiger partial charge in [-0.1, -0.05) is 6.07 Å². The minimum absolute atomic E-state index is 0.0236. The molecule has 1 aliphatic rings. The van der Waals surface area contributed by atoms with E-state index >= 15 is 0 Å². The van der Waals surface area contributed by atoms with Crippen molar-refractivity contribution in [2.24, 2.45) is 5.73 Å². The fourth-order valence-corrected chi connectivity index (χ4v) is 3.46. The smallest absolute Gasteiger partial charge is 0.335 e. The summed E-state index contributed by atoms with van der Waals surface area (Å²) >= 11 is 0. The zero-order valence-electron chi connectivity index (χ0n) is 8.38. The number of aromatic carboxylic acids is 1. The monoisotopic (exact) mass is 241 g/mol. The molecular formula is C10H11NO4S. The number of fused-ring (bicyclic) bond motifs is 1. The van der Waals surface area contributed by atoms with Crippen LogP contribution in [-0.4, -0.2) is 25.2 Å². The lowest BCUT2D eigenvalue weighted by Gasteiger charge is -2.22. The predicted molar refractivity (Wildman–Crippen MR) is 57.0 cm³/mol. The van der Waals surface area contributed by atoms with E-state index in [-0.39, 0.29) is 22.3 Å². The third kappa shape index (κ3) is 1.70. The molecule has 0 aliphatic carbocycles. The molecule has 1 aliphatic heterocycles. The van der Waals surface area contributed by atoms with Crippen LogP contribution in [0.5, 0.6) is 0 Å². The van der Waals surface area contributed by atoms with Crippen molar-refractivity contribution in [1.29, 1.82) is 0 Å². The second-order valence-electron chi connectivity index (χ2n) is 3.77. The summed E-state index contributed by atoms with van der Waals surface area (Å²) in [4.78, 5) is 10.8. The van der Waals surface area contributed by atoms with E-state index < -0.39 is 15.8 Å². The zero-order valence-corrected chi connectivity index (χ0v) is 9.20. The molecule has 2 rings (SSSR count). The first-order valence-corrected chi connectivity index (χ1v) is 6.42. The fourth-order valence-electron chi connectivity index (χ4n) is 1.79. The lowest BCUT2D eigenvalue weighted by molar-refractivity contribution is 0.0696. The molecule has 0 bridgehead atoms. The van der Waals surface area contributed by atoms with Crippen molar-refractivity contribution in [3.05, 3.63) is 29.3 Å². The number of carboxylic acids is 1. The molecule has 0 radical (unpaired) electrons. The van der Waals surface area contributed by atoms with Gasteiger partial charge in [-0.05, 0) is 24.1 Å². The molecule has 1 heterocycles.